The van der Waals surface area contributed by atoms with Crippen LogP contribution in [0.5, 0.6) is 0 Å². The van der Waals surface area contributed by atoms with Gasteiger partial charge in [-0.25, -0.2) is 0 Å². The first-order chi connectivity index (χ1) is 8.50. The largest absolute Gasteiger partial charge is 0.416 e. The number of benzene rings is 1. The minimum Gasteiger partial charge on any atom is -0.394 e. The SMILES string of the molecule is OCC(NCC1CC1)c1cccc(C(F)(F)F)c1. The highest BCUT2D eigenvalue weighted by Crippen LogP contribution is 2.31. The van der Waals surface area contributed by atoms with Crippen LogP contribution in [0.1, 0.15) is 30.0 Å². The van der Waals surface area contributed by atoms with Crippen molar-refractivity contribution in [3.63, 3.8) is 0 Å². The number of aliphatic hydroxyl groups is 1. The highest BCUT2D eigenvalue weighted by Gasteiger charge is 2.31. The van der Waals surface area contributed by atoms with Crippen LogP contribution in [0, 0.1) is 5.92 Å². The van der Waals surface area contributed by atoms with E-state index >= 15 is 0 Å². The first-order valence-corrected chi connectivity index (χ1v) is 6.02. The van der Waals surface area contributed by atoms with E-state index in [2.05, 4.69) is 5.32 Å². The molecule has 0 heterocycles. The Morgan fingerprint density at radius 3 is 2.61 bits per heavy atom. The van der Waals surface area contributed by atoms with Crippen LogP contribution in [0.4, 0.5) is 13.2 Å². The van der Waals surface area contributed by atoms with Crippen molar-refractivity contribution >= 4 is 0 Å². The molecule has 0 aliphatic heterocycles. The third kappa shape index (κ3) is 3.46. The molecule has 0 aromatic heterocycles. The lowest BCUT2D eigenvalue weighted by molar-refractivity contribution is -0.137. The fourth-order valence-electron chi connectivity index (χ4n) is 1.85. The third-order valence-electron chi connectivity index (χ3n) is 3.15. The molecule has 100 valence electrons. The summed E-state index contributed by atoms with van der Waals surface area (Å²) < 4.78 is 37.7. The standard InChI is InChI=1S/C13H16F3NO/c14-13(15,16)11-3-1-2-10(6-11)12(8-18)17-7-9-4-5-9/h1-3,6,9,12,17-18H,4-5,7-8H2. The zero-order valence-corrected chi connectivity index (χ0v) is 9.87. The summed E-state index contributed by atoms with van der Waals surface area (Å²) in [6.45, 7) is 0.551. The number of rotatable bonds is 5. The first kappa shape index (κ1) is 13.4. The van der Waals surface area contributed by atoms with Crippen molar-refractivity contribution in [2.75, 3.05) is 13.2 Å². The van der Waals surface area contributed by atoms with E-state index in [-0.39, 0.29) is 6.61 Å². The van der Waals surface area contributed by atoms with Crippen molar-refractivity contribution in [3.05, 3.63) is 35.4 Å². The van der Waals surface area contributed by atoms with Gasteiger partial charge in [0.15, 0.2) is 0 Å². The van der Waals surface area contributed by atoms with Crippen LogP contribution in [0.2, 0.25) is 0 Å². The number of aliphatic hydroxyl groups excluding tert-OH is 1. The lowest BCUT2D eigenvalue weighted by Gasteiger charge is -2.18. The maximum atomic E-state index is 12.6. The summed E-state index contributed by atoms with van der Waals surface area (Å²) in [4.78, 5) is 0. The van der Waals surface area contributed by atoms with E-state index in [0.29, 0.717) is 11.5 Å². The van der Waals surface area contributed by atoms with Gasteiger partial charge in [0.1, 0.15) is 0 Å². The maximum absolute atomic E-state index is 12.6. The van der Waals surface area contributed by atoms with Crippen LogP contribution < -0.4 is 5.32 Å². The molecular weight excluding hydrogens is 243 g/mol. The summed E-state index contributed by atoms with van der Waals surface area (Å²) >= 11 is 0. The molecule has 0 saturated heterocycles. The molecule has 2 nitrogen and oxygen atoms in total. The van der Waals surface area contributed by atoms with Crippen LogP contribution in [0.3, 0.4) is 0 Å². The highest BCUT2D eigenvalue weighted by atomic mass is 19.4. The summed E-state index contributed by atoms with van der Waals surface area (Å²) in [7, 11) is 0. The van der Waals surface area contributed by atoms with Gasteiger partial charge in [-0.1, -0.05) is 12.1 Å². The molecule has 0 radical (unpaired) electrons. The number of halogens is 3. The van der Waals surface area contributed by atoms with Crippen LogP contribution in [-0.2, 0) is 6.18 Å². The summed E-state index contributed by atoms with van der Waals surface area (Å²) in [6.07, 6.45) is -2.02. The Labute approximate surface area is 104 Å². The molecule has 18 heavy (non-hydrogen) atoms. The van der Waals surface area contributed by atoms with Gasteiger partial charge in [0.2, 0.25) is 0 Å². The van der Waals surface area contributed by atoms with Gasteiger partial charge in [-0.15, -0.1) is 0 Å². The summed E-state index contributed by atoms with van der Waals surface area (Å²) in [5.41, 5.74) is -0.195. The van der Waals surface area contributed by atoms with Gasteiger partial charge in [-0.2, -0.15) is 13.2 Å². The van der Waals surface area contributed by atoms with Gasteiger partial charge in [0.05, 0.1) is 18.2 Å². The Morgan fingerprint density at radius 1 is 1.33 bits per heavy atom. The molecule has 1 fully saturated rings. The van der Waals surface area contributed by atoms with E-state index in [9.17, 15) is 18.3 Å². The second-order valence-corrected chi connectivity index (χ2v) is 4.71. The molecule has 1 atom stereocenters. The molecule has 0 amide bonds. The molecular formula is C13H16F3NO. The van der Waals surface area contributed by atoms with Gasteiger partial charge >= 0.3 is 6.18 Å². The Morgan fingerprint density at radius 2 is 2.06 bits per heavy atom. The average Bonchev–Trinajstić information content (AvgIpc) is 3.13. The topological polar surface area (TPSA) is 32.3 Å². The Hall–Kier alpha value is -1.07. The fourth-order valence-corrected chi connectivity index (χ4v) is 1.85. The molecule has 2 N–H and O–H groups in total. The fraction of sp³-hybridized carbons (Fsp3) is 0.538. The lowest BCUT2D eigenvalue weighted by Crippen LogP contribution is -2.26. The predicted molar refractivity (Wildman–Crippen MR) is 62.0 cm³/mol. The van der Waals surface area contributed by atoms with Crippen LogP contribution in [0.15, 0.2) is 24.3 Å². The Bertz CT molecular complexity index is 401. The smallest absolute Gasteiger partial charge is 0.394 e. The lowest BCUT2D eigenvalue weighted by atomic mass is 10.0. The monoisotopic (exact) mass is 259 g/mol. The van der Waals surface area contributed by atoms with E-state index in [1.54, 1.807) is 6.07 Å². The van der Waals surface area contributed by atoms with Gasteiger partial charge in [-0.05, 0) is 43.0 Å². The van der Waals surface area contributed by atoms with Crippen LogP contribution in [-0.4, -0.2) is 18.3 Å². The van der Waals surface area contributed by atoms with Gasteiger partial charge in [-0.3, -0.25) is 0 Å². The number of nitrogens with one attached hydrogen (secondary N) is 1. The zero-order chi connectivity index (χ0) is 13.2. The Kier molecular flexibility index (Phi) is 3.92. The summed E-state index contributed by atoms with van der Waals surface area (Å²) in [5, 5.41) is 12.4. The zero-order valence-electron chi connectivity index (χ0n) is 9.87. The van der Waals surface area contributed by atoms with Crippen molar-refractivity contribution in [1.82, 2.24) is 5.32 Å². The molecule has 1 aromatic rings. The third-order valence-corrected chi connectivity index (χ3v) is 3.15. The van der Waals surface area contributed by atoms with Gasteiger partial charge in [0.25, 0.3) is 0 Å². The van der Waals surface area contributed by atoms with Gasteiger partial charge in [0, 0.05) is 0 Å². The molecule has 1 saturated carbocycles. The van der Waals surface area contributed by atoms with Crippen molar-refractivity contribution < 1.29 is 18.3 Å². The molecule has 0 bridgehead atoms. The van der Waals surface area contributed by atoms with Gasteiger partial charge < -0.3 is 10.4 Å². The minimum absolute atomic E-state index is 0.200. The van der Waals surface area contributed by atoms with Crippen molar-refractivity contribution in [3.8, 4) is 0 Å². The normalized spacial score (nSPS) is 17.8. The highest BCUT2D eigenvalue weighted by molar-refractivity contribution is 5.28. The number of alkyl halides is 3. The minimum atomic E-state index is -4.34. The van der Waals surface area contributed by atoms with Crippen molar-refractivity contribution in [1.29, 1.82) is 0 Å². The maximum Gasteiger partial charge on any atom is 0.416 e. The number of hydrogen-bond acceptors (Lipinski definition) is 2. The summed E-state index contributed by atoms with van der Waals surface area (Å²) in [6, 6.07) is 4.70. The molecule has 1 aromatic carbocycles. The predicted octanol–water partition coefficient (Wildman–Crippen LogP) is 2.74. The van der Waals surface area contributed by atoms with E-state index in [1.807, 2.05) is 0 Å². The van der Waals surface area contributed by atoms with Crippen molar-refractivity contribution in [2.24, 2.45) is 5.92 Å². The molecule has 1 aliphatic rings. The number of hydrogen-bond donors (Lipinski definition) is 2. The average molecular weight is 259 g/mol. The second-order valence-electron chi connectivity index (χ2n) is 4.71. The first-order valence-electron chi connectivity index (χ1n) is 6.02. The van der Waals surface area contributed by atoms with E-state index < -0.39 is 17.8 Å². The summed E-state index contributed by atoms with van der Waals surface area (Å²) in [5.74, 6) is 0.616. The molecule has 2 rings (SSSR count). The Balaban J connectivity index is 2.08. The molecule has 1 aliphatic carbocycles. The molecule has 1 unspecified atom stereocenters. The van der Waals surface area contributed by atoms with E-state index in [0.717, 1.165) is 31.5 Å². The van der Waals surface area contributed by atoms with E-state index in [1.165, 1.54) is 6.07 Å². The van der Waals surface area contributed by atoms with Crippen LogP contribution in [0.25, 0.3) is 0 Å². The van der Waals surface area contributed by atoms with Crippen molar-refractivity contribution in [2.45, 2.75) is 25.1 Å². The second kappa shape index (κ2) is 5.28. The van der Waals surface area contributed by atoms with E-state index in [4.69, 9.17) is 0 Å². The molecule has 5 heteroatoms. The molecule has 0 spiro atoms. The van der Waals surface area contributed by atoms with Crippen LogP contribution >= 0.6 is 0 Å². The quantitative estimate of drug-likeness (QED) is 0.852.